The molecule has 2 rings (SSSR count). The smallest absolute Gasteiger partial charge is 0.162 e. The van der Waals surface area contributed by atoms with E-state index in [0.29, 0.717) is 12.0 Å². The van der Waals surface area contributed by atoms with Gasteiger partial charge in [0.15, 0.2) is 11.6 Å². The fraction of sp³-hybridized carbons (Fsp3) is 0.647. The van der Waals surface area contributed by atoms with Gasteiger partial charge in [-0.05, 0) is 64.4 Å². The minimum absolute atomic E-state index is 0.0781. The Kier molecular flexibility index (Phi) is 5.33. The minimum atomic E-state index is -0.762. The van der Waals surface area contributed by atoms with Gasteiger partial charge in [0.25, 0.3) is 0 Å². The first kappa shape index (κ1) is 16.4. The van der Waals surface area contributed by atoms with Gasteiger partial charge in [0.1, 0.15) is 0 Å². The fourth-order valence-electron chi connectivity index (χ4n) is 3.26. The lowest BCUT2D eigenvalue weighted by Gasteiger charge is -2.42. The summed E-state index contributed by atoms with van der Waals surface area (Å²) in [7, 11) is 0. The Labute approximate surface area is 126 Å². The number of likely N-dealkylation sites (N-methyl/N-ethyl adjacent to an activating group) is 1. The Bertz CT molecular complexity index is 468. The molecule has 1 saturated heterocycles. The summed E-state index contributed by atoms with van der Waals surface area (Å²) in [5, 5.41) is 3.46. The lowest BCUT2D eigenvalue weighted by atomic mass is 9.87. The standard InChI is InChI=1S/C17H26F2N2/c1-4-20-15(17(2,3)21-10-5-6-11-21)12-13-8-7-9-14(18)16(13)19/h7-9,15,20H,4-6,10-12H2,1-3H3. The number of likely N-dealkylation sites (tertiary alicyclic amines) is 1. The zero-order chi connectivity index (χ0) is 15.5. The van der Waals surface area contributed by atoms with E-state index in [1.54, 1.807) is 12.1 Å². The predicted molar refractivity (Wildman–Crippen MR) is 82.4 cm³/mol. The predicted octanol–water partition coefficient (Wildman–Crippen LogP) is 3.36. The normalized spacial score (nSPS) is 18.1. The molecule has 1 aromatic rings. The van der Waals surface area contributed by atoms with Crippen LogP contribution in [0, 0.1) is 11.6 Å². The number of halogens is 2. The molecule has 4 heteroatoms. The van der Waals surface area contributed by atoms with Crippen LogP contribution in [0.2, 0.25) is 0 Å². The summed E-state index contributed by atoms with van der Waals surface area (Å²) < 4.78 is 27.4. The van der Waals surface area contributed by atoms with Crippen molar-refractivity contribution in [2.24, 2.45) is 0 Å². The van der Waals surface area contributed by atoms with Crippen molar-refractivity contribution in [2.45, 2.75) is 51.6 Å². The molecule has 1 aliphatic rings. The van der Waals surface area contributed by atoms with Crippen molar-refractivity contribution >= 4 is 0 Å². The molecule has 2 nitrogen and oxygen atoms in total. The van der Waals surface area contributed by atoms with Gasteiger partial charge in [-0.25, -0.2) is 8.78 Å². The first-order chi connectivity index (χ1) is 9.96. The van der Waals surface area contributed by atoms with E-state index in [1.165, 1.54) is 18.9 Å². The van der Waals surface area contributed by atoms with Crippen LogP contribution in [0.5, 0.6) is 0 Å². The summed E-state index contributed by atoms with van der Waals surface area (Å²) in [6, 6.07) is 4.53. The lowest BCUT2D eigenvalue weighted by Crippen LogP contribution is -2.57. The molecular weight excluding hydrogens is 270 g/mol. The molecule has 0 bridgehead atoms. The fourth-order valence-corrected chi connectivity index (χ4v) is 3.26. The summed E-state index contributed by atoms with van der Waals surface area (Å²) >= 11 is 0. The Morgan fingerprint density at radius 3 is 2.52 bits per heavy atom. The number of nitrogens with one attached hydrogen (secondary N) is 1. The average molecular weight is 296 g/mol. The van der Waals surface area contributed by atoms with Gasteiger partial charge in [-0.1, -0.05) is 19.1 Å². The van der Waals surface area contributed by atoms with Crippen LogP contribution in [0.15, 0.2) is 18.2 Å². The molecule has 1 aliphatic heterocycles. The highest BCUT2D eigenvalue weighted by molar-refractivity contribution is 5.21. The van der Waals surface area contributed by atoms with Gasteiger partial charge < -0.3 is 5.32 Å². The molecule has 0 saturated carbocycles. The summed E-state index contributed by atoms with van der Waals surface area (Å²) in [6.45, 7) is 9.43. The van der Waals surface area contributed by atoms with Crippen molar-refractivity contribution in [2.75, 3.05) is 19.6 Å². The van der Waals surface area contributed by atoms with Gasteiger partial charge >= 0.3 is 0 Å². The monoisotopic (exact) mass is 296 g/mol. The van der Waals surface area contributed by atoms with Gasteiger partial charge in [-0.15, -0.1) is 0 Å². The zero-order valence-electron chi connectivity index (χ0n) is 13.3. The van der Waals surface area contributed by atoms with Crippen LogP contribution in [-0.2, 0) is 6.42 Å². The third-order valence-electron chi connectivity index (χ3n) is 4.68. The van der Waals surface area contributed by atoms with Crippen molar-refractivity contribution in [3.63, 3.8) is 0 Å². The van der Waals surface area contributed by atoms with E-state index >= 15 is 0 Å². The summed E-state index contributed by atoms with van der Waals surface area (Å²) in [6.07, 6.45) is 2.94. The topological polar surface area (TPSA) is 15.3 Å². The highest BCUT2D eigenvalue weighted by Crippen LogP contribution is 2.27. The number of hydrogen-bond donors (Lipinski definition) is 1. The molecule has 0 aliphatic carbocycles. The van der Waals surface area contributed by atoms with Crippen LogP contribution in [0.25, 0.3) is 0 Å². The van der Waals surface area contributed by atoms with E-state index < -0.39 is 11.6 Å². The second kappa shape index (κ2) is 6.84. The number of nitrogens with zero attached hydrogens (tertiary/aromatic N) is 1. The third-order valence-corrected chi connectivity index (χ3v) is 4.68. The lowest BCUT2D eigenvalue weighted by molar-refractivity contribution is 0.107. The largest absolute Gasteiger partial charge is 0.312 e. The van der Waals surface area contributed by atoms with Gasteiger partial charge in [-0.3, -0.25) is 4.90 Å². The van der Waals surface area contributed by atoms with E-state index in [1.807, 2.05) is 0 Å². The van der Waals surface area contributed by atoms with E-state index in [-0.39, 0.29) is 11.6 Å². The van der Waals surface area contributed by atoms with Gasteiger partial charge in [0, 0.05) is 11.6 Å². The average Bonchev–Trinajstić information content (AvgIpc) is 2.98. The van der Waals surface area contributed by atoms with Gasteiger partial charge in [0.05, 0.1) is 0 Å². The van der Waals surface area contributed by atoms with E-state index in [2.05, 4.69) is 31.0 Å². The van der Waals surface area contributed by atoms with Crippen molar-refractivity contribution < 1.29 is 8.78 Å². The van der Waals surface area contributed by atoms with Crippen LogP contribution >= 0.6 is 0 Å². The van der Waals surface area contributed by atoms with Crippen LogP contribution in [-0.4, -0.2) is 36.1 Å². The van der Waals surface area contributed by atoms with Crippen molar-refractivity contribution in [3.05, 3.63) is 35.4 Å². The second-order valence-corrected chi connectivity index (χ2v) is 6.38. The summed E-state index contributed by atoms with van der Waals surface area (Å²) in [4.78, 5) is 2.46. The molecule has 1 N–H and O–H groups in total. The van der Waals surface area contributed by atoms with Gasteiger partial charge in [0.2, 0.25) is 0 Å². The maximum Gasteiger partial charge on any atom is 0.162 e. The minimum Gasteiger partial charge on any atom is -0.312 e. The zero-order valence-corrected chi connectivity index (χ0v) is 13.3. The van der Waals surface area contributed by atoms with Crippen LogP contribution in [0.4, 0.5) is 8.78 Å². The molecule has 0 radical (unpaired) electrons. The van der Waals surface area contributed by atoms with Crippen molar-refractivity contribution in [1.82, 2.24) is 10.2 Å². The highest BCUT2D eigenvalue weighted by Gasteiger charge is 2.36. The Morgan fingerprint density at radius 2 is 1.90 bits per heavy atom. The SMILES string of the molecule is CCNC(Cc1cccc(F)c1F)C(C)(C)N1CCCC1. The summed E-state index contributed by atoms with van der Waals surface area (Å²) in [5.41, 5.74) is 0.374. The molecular formula is C17H26F2N2. The van der Waals surface area contributed by atoms with E-state index in [9.17, 15) is 8.78 Å². The number of benzene rings is 1. The Morgan fingerprint density at radius 1 is 1.24 bits per heavy atom. The molecule has 1 unspecified atom stereocenters. The molecule has 0 spiro atoms. The Hall–Kier alpha value is -1.00. The molecule has 1 fully saturated rings. The molecule has 1 aromatic carbocycles. The second-order valence-electron chi connectivity index (χ2n) is 6.38. The first-order valence-corrected chi connectivity index (χ1v) is 7.88. The number of hydrogen-bond acceptors (Lipinski definition) is 2. The maximum absolute atomic E-state index is 14.0. The van der Waals surface area contributed by atoms with Crippen LogP contribution in [0.3, 0.4) is 0 Å². The maximum atomic E-state index is 14.0. The molecule has 1 heterocycles. The van der Waals surface area contributed by atoms with E-state index in [0.717, 1.165) is 19.6 Å². The number of rotatable bonds is 6. The quantitative estimate of drug-likeness (QED) is 0.866. The molecule has 1 atom stereocenters. The summed E-state index contributed by atoms with van der Waals surface area (Å²) in [5.74, 6) is -1.47. The van der Waals surface area contributed by atoms with E-state index in [4.69, 9.17) is 0 Å². The molecule has 0 amide bonds. The van der Waals surface area contributed by atoms with Crippen molar-refractivity contribution in [3.8, 4) is 0 Å². The van der Waals surface area contributed by atoms with Crippen LogP contribution < -0.4 is 5.32 Å². The highest BCUT2D eigenvalue weighted by atomic mass is 19.2. The Balaban J connectivity index is 2.20. The third kappa shape index (κ3) is 3.61. The van der Waals surface area contributed by atoms with Gasteiger partial charge in [-0.2, -0.15) is 0 Å². The molecule has 0 aromatic heterocycles. The molecule has 21 heavy (non-hydrogen) atoms. The molecule has 118 valence electrons. The first-order valence-electron chi connectivity index (χ1n) is 7.88. The van der Waals surface area contributed by atoms with Crippen LogP contribution in [0.1, 0.15) is 39.2 Å². The van der Waals surface area contributed by atoms with Crippen molar-refractivity contribution in [1.29, 1.82) is 0 Å².